The predicted octanol–water partition coefficient (Wildman–Crippen LogP) is 4.41. The molecule has 4 aromatic heterocycles. The number of pyridine rings is 1. The highest BCUT2D eigenvalue weighted by molar-refractivity contribution is 9.10. The summed E-state index contributed by atoms with van der Waals surface area (Å²) in [5.41, 5.74) is 2.32. The van der Waals surface area contributed by atoms with Crippen molar-refractivity contribution in [3.8, 4) is 17.1 Å². The van der Waals surface area contributed by atoms with E-state index < -0.39 is 11.0 Å². The highest BCUT2D eigenvalue weighted by atomic mass is 79.9. The van der Waals surface area contributed by atoms with E-state index in [1.165, 1.54) is 8.65 Å². The highest BCUT2D eigenvalue weighted by Crippen LogP contribution is 2.45. The van der Waals surface area contributed by atoms with E-state index in [0.29, 0.717) is 42.7 Å². The molecular weight excluding hydrogens is 539 g/mol. The van der Waals surface area contributed by atoms with Crippen molar-refractivity contribution in [1.29, 1.82) is 0 Å². The number of rotatable bonds is 5. The van der Waals surface area contributed by atoms with Gasteiger partial charge in [-0.05, 0) is 47.3 Å². The van der Waals surface area contributed by atoms with Gasteiger partial charge in [-0.25, -0.2) is 18.0 Å². The zero-order valence-corrected chi connectivity index (χ0v) is 21.2. The van der Waals surface area contributed by atoms with Crippen molar-refractivity contribution in [1.82, 2.24) is 27.9 Å². The molecule has 1 fully saturated rings. The number of aromatic nitrogens is 6. The van der Waals surface area contributed by atoms with Crippen LogP contribution in [0.1, 0.15) is 25.3 Å². The molecule has 0 saturated heterocycles. The number of hydrogen-bond acceptors (Lipinski definition) is 5. The molecule has 0 amide bonds. The second-order valence-electron chi connectivity index (χ2n) is 8.60. The van der Waals surface area contributed by atoms with Gasteiger partial charge in [-0.15, -0.1) is 5.10 Å². The number of nitrogens with zero attached hydrogens (tertiary/aromatic N) is 6. The van der Waals surface area contributed by atoms with Gasteiger partial charge in [-0.3, -0.25) is 18.8 Å². The lowest BCUT2D eigenvalue weighted by Crippen LogP contribution is -2.29. The van der Waals surface area contributed by atoms with Crippen LogP contribution in [0.15, 0.2) is 56.9 Å². The summed E-state index contributed by atoms with van der Waals surface area (Å²) in [7, 11) is 1.62. The fourth-order valence-electron chi connectivity index (χ4n) is 4.70. The Morgan fingerprint density at radius 2 is 1.94 bits per heavy atom. The summed E-state index contributed by atoms with van der Waals surface area (Å²) < 4.78 is 34.3. The molecule has 4 heterocycles. The third-order valence-electron chi connectivity index (χ3n) is 6.60. The number of hydrogen-bond donors (Lipinski definition) is 0. The van der Waals surface area contributed by atoms with Crippen LogP contribution < -0.4 is 10.6 Å². The number of imidazole rings is 1. The molecular formula is C23H20BrFN6O3S. The van der Waals surface area contributed by atoms with Crippen molar-refractivity contribution in [2.75, 3.05) is 0 Å². The van der Waals surface area contributed by atoms with Gasteiger partial charge in [0.15, 0.2) is 16.6 Å². The van der Waals surface area contributed by atoms with Gasteiger partial charge in [0.05, 0.1) is 43.2 Å². The standard InChI is InChI=1S/C23H20BrFN6O3S/c1-28-12-15(22(27-28)34-25)19-18(24)17-20-16(29(2)23(32)30(20)13-7-6-8-13)11-26-21(17)31(19)35(33)14-9-4-3-5-10-14/h3-5,9-13H,6-8H2,1-2H3. The quantitative estimate of drug-likeness (QED) is 0.318. The molecule has 12 heteroatoms. The van der Waals surface area contributed by atoms with E-state index >= 15 is 0 Å². The van der Waals surface area contributed by atoms with E-state index in [2.05, 4.69) is 31.0 Å². The molecule has 6 rings (SSSR count). The molecule has 35 heavy (non-hydrogen) atoms. The fourth-order valence-corrected chi connectivity index (χ4v) is 6.83. The van der Waals surface area contributed by atoms with Crippen molar-refractivity contribution < 1.29 is 13.7 Å². The lowest BCUT2D eigenvalue weighted by atomic mass is 9.93. The Kier molecular flexibility index (Phi) is 5.18. The van der Waals surface area contributed by atoms with Gasteiger partial charge in [0, 0.05) is 30.9 Å². The third-order valence-corrected chi connectivity index (χ3v) is 8.74. The van der Waals surface area contributed by atoms with E-state index in [-0.39, 0.29) is 17.6 Å². The Labute approximate surface area is 209 Å². The Bertz CT molecular complexity index is 1700. The minimum Gasteiger partial charge on any atom is -0.293 e. The minimum absolute atomic E-state index is 0.0817. The number of benzene rings is 1. The van der Waals surface area contributed by atoms with Crippen molar-refractivity contribution in [2.24, 2.45) is 14.1 Å². The van der Waals surface area contributed by atoms with Crippen LogP contribution in [0.4, 0.5) is 4.53 Å². The summed E-state index contributed by atoms with van der Waals surface area (Å²) in [6.07, 6.45) is 6.09. The molecule has 0 aliphatic heterocycles. The molecule has 1 saturated carbocycles. The molecule has 1 unspecified atom stereocenters. The van der Waals surface area contributed by atoms with Crippen molar-refractivity contribution in [2.45, 2.75) is 30.2 Å². The summed E-state index contributed by atoms with van der Waals surface area (Å²) in [6.45, 7) is 0. The molecule has 0 N–H and O–H groups in total. The molecule has 1 aliphatic carbocycles. The molecule has 0 spiro atoms. The normalized spacial score (nSPS) is 15.1. The molecule has 5 aromatic rings. The number of aryl methyl sites for hydroxylation is 2. The Morgan fingerprint density at radius 3 is 2.60 bits per heavy atom. The van der Waals surface area contributed by atoms with Crippen LogP contribution in [0.3, 0.4) is 0 Å². The second kappa shape index (κ2) is 8.16. The number of fused-ring (bicyclic) bond motifs is 3. The first-order valence-electron chi connectivity index (χ1n) is 11.0. The van der Waals surface area contributed by atoms with Crippen molar-refractivity contribution in [3.05, 3.63) is 57.7 Å². The summed E-state index contributed by atoms with van der Waals surface area (Å²) in [4.78, 5) is 22.5. The van der Waals surface area contributed by atoms with Crippen LogP contribution in [0.25, 0.3) is 33.3 Å². The van der Waals surface area contributed by atoms with Gasteiger partial charge in [-0.2, -0.15) is 0 Å². The zero-order chi connectivity index (χ0) is 24.4. The van der Waals surface area contributed by atoms with E-state index in [0.717, 1.165) is 19.3 Å². The first-order chi connectivity index (χ1) is 16.9. The molecule has 1 aliphatic rings. The molecule has 1 aromatic carbocycles. The van der Waals surface area contributed by atoms with E-state index in [9.17, 15) is 13.5 Å². The molecule has 0 radical (unpaired) electrons. The lowest BCUT2D eigenvalue weighted by Gasteiger charge is -2.26. The van der Waals surface area contributed by atoms with Crippen LogP contribution in [0.5, 0.6) is 5.88 Å². The van der Waals surface area contributed by atoms with Crippen LogP contribution >= 0.6 is 15.9 Å². The van der Waals surface area contributed by atoms with Gasteiger partial charge in [0.2, 0.25) is 0 Å². The molecule has 9 nitrogen and oxygen atoms in total. The summed E-state index contributed by atoms with van der Waals surface area (Å²) in [6, 6.07) is 9.01. The first kappa shape index (κ1) is 22.2. The minimum atomic E-state index is -1.75. The maximum atomic E-state index is 13.9. The average Bonchev–Trinajstić information content (AvgIpc) is 3.43. The van der Waals surface area contributed by atoms with E-state index in [1.54, 1.807) is 55.3 Å². The summed E-state index contributed by atoms with van der Waals surface area (Å²) >= 11 is 3.70. The maximum absolute atomic E-state index is 13.9. The fraction of sp³-hybridized carbons (Fsp3) is 0.261. The van der Waals surface area contributed by atoms with Crippen LogP contribution in [0.2, 0.25) is 0 Å². The molecule has 0 bridgehead atoms. The zero-order valence-electron chi connectivity index (χ0n) is 18.8. The van der Waals surface area contributed by atoms with Gasteiger partial charge >= 0.3 is 5.69 Å². The summed E-state index contributed by atoms with van der Waals surface area (Å²) in [5, 5.41) is 4.67. The monoisotopic (exact) mass is 558 g/mol. The summed E-state index contributed by atoms with van der Waals surface area (Å²) in [5.74, 6) is -0.261. The largest absolute Gasteiger partial charge is 0.329 e. The van der Waals surface area contributed by atoms with Crippen LogP contribution in [-0.2, 0) is 25.1 Å². The van der Waals surface area contributed by atoms with E-state index in [4.69, 9.17) is 0 Å². The average molecular weight is 559 g/mol. The molecule has 1 atom stereocenters. The Balaban J connectivity index is 1.78. The first-order valence-corrected chi connectivity index (χ1v) is 12.9. The molecule has 180 valence electrons. The van der Waals surface area contributed by atoms with Crippen LogP contribution in [0, 0.1) is 0 Å². The van der Waals surface area contributed by atoms with Crippen LogP contribution in [-0.4, -0.2) is 32.1 Å². The van der Waals surface area contributed by atoms with Gasteiger partial charge < -0.3 is 0 Å². The topological polar surface area (TPSA) is 88.9 Å². The van der Waals surface area contributed by atoms with Gasteiger partial charge in [-0.1, -0.05) is 18.2 Å². The Hall–Kier alpha value is -3.25. The highest BCUT2D eigenvalue weighted by Gasteiger charge is 2.32. The lowest BCUT2D eigenvalue weighted by molar-refractivity contribution is -0.0118. The van der Waals surface area contributed by atoms with Crippen molar-refractivity contribution >= 4 is 49.0 Å². The van der Waals surface area contributed by atoms with Gasteiger partial charge in [0.1, 0.15) is 0 Å². The third kappa shape index (κ3) is 3.16. The van der Waals surface area contributed by atoms with Gasteiger partial charge in [0.25, 0.3) is 5.88 Å². The second-order valence-corrected chi connectivity index (χ2v) is 10.7. The maximum Gasteiger partial charge on any atom is 0.329 e. The smallest absolute Gasteiger partial charge is 0.293 e. The Morgan fingerprint density at radius 1 is 1.20 bits per heavy atom. The predicted molar refractivity (Wildman–Crippen MR) is 133 cm³/mol. The van der Waals surface area contributed by atoms with Crippen molar-refractivity contribution in [3.63, 3.8) is 0 Å². The number of halogens is 2. The SMILES string of the molecule is Cn1cc(-c2c(Br)c3c(ncc4c3n(C3CCC3)c(=O)n4C)n2S(=O)c2ccccc2)c(OF)n1. The van der Waals surface area contributed by atoms with E-state index in [1.807, 2.05) is 10.6 Å².